The summed E-state index contributed by atoms with van der Waals surface area (Å²) in [6, 6.07) is 15.3. The molecule has 2 aromatic carbocycles. The van der Waals surface area contributed by atoms with Gasteiger partial charge in [0.15, 0.2) is 5.69 Å². The van der Waals surface area contributed by atoms with Crippen molar-refractivity contribution in [2.24, 2.45) is 0 Å². The van der Waals surface area contributed by atoms with E-state index in [1.165, 1.54) is 10.7 Å². The lowest BCUT2D eigenvalue weighted by Gasteiger charge is -2.42. The van der Waals surface area contributed by atoms with Crippen molar-refractivity contribution in [1.29, 1.82) is 0 Å². The van der Waals surface area contributed by atoms with Crippen LogP contribution in [0.15, 0.2) is 65.6 Å². The van der Waals surface area contributed by atoms with E-state index in [9.17, 15) is 9.90 Å². The monoisotopic (exact) mass is 361 g/mol. The molecule has 6 heteroatoms. The third kappa shape index (κ3) is 2.73. The van der Waals surface area contributed by atoms with E-state index in [1.807, 2.05) is 30.3 Å². The molecule has 0 bridgehead atoms. The summed E-state index contributed by atoms with van der Waals surface area (Å²) in [5, 5.41) is 11.1. The Morgan fingerprint density at radius 3 is 2.59 bits per heavy atom. The Balaban J connectivity index is 1.98. The molecule has 0 saturated carbocycles. The minimum absolute atomic E-state index is 0.236. The summed E-state index contributed by atoms with van der Waals surface area (Å²) in [7, 11) is 0. The number of hydrogen-bond donors (Lipinski definition) is 1. The van der Waals surface area contributed by atoms with Crippen LogP contribution in [0, 0.1) is 6.57 Å². The van der Waals surface area contributed by atoms with Crippen molar-refractivity contribution in [2.75, 3.05) is 0 Å². The fourth-order valence-electron chi connectivity index (χ4n) is 3.54. The quantitative estimate of drug-likeness (QED) is 0.713. The van der Waals surface area contributed by atoms with Gasteiger partial charge in [-0.1, -0.05) is 24.3 Å². The van der Waals surface area contributed by atoms with Crippen molar-refractivity contribution in [3.05, 3.63) is 88.1 Å². The first-order valence-corrected chi connectivity index (χ1v) is 8.66. The fourth-order valence-corrected chi connectivity index (χ4v) is 3.54. The molecule has 6 nitrogen and oxygen atoms in total. The summed E-state index contributed by atoms with van der Waals surface area (Å²) in [6.45, 7) is 10.9. The van der Waals surface area contributed by atoms with E-state index in [4.69, 9.17) is 11.3 Å². The Labute approximate surface area is 156 Å². The smallest absolute Gasteiger partial charge is 0.267 e. The number of benzene rings is 2. The predicted molar refractivity (Wildman–Crippen MR) is 102 cm³/mol. The number of aliphatic hydroxyl groups excluding tert-OH is 1. The number of nitrogens with zero attached hydrogens (tertiary/aromatic N) is 3. The number of hydrogen-bond acceptors (Lipinski definition) is 3. The van der Waals surface area contributed by atoms with Gasteiger partial charge in [0.05, 0.1) is 12.3 Å². The Kier molecular flexibility index (Phi) is 3.90. The minimum Gasteiger partial charge on any atom is -0.485 e. The van der Waals surface area contributed by atoms with Crippen LogP contribution in [-0.2, 0) is 0 Å². The molecule has 0 radical (unpaired) electrons. The minimum atomic E-state index is -0.985. The molecule has 136 valence electrons. The van der Waals surface area contributed by atoms with Crippen LogP contribution in [0.25, 0.3) is 10.5 Å². The van der Waals surface area contributed by atoms with Crippen molar-refractivity contribution in [1.82, 2.24) is 9.36 Å². The van der Waals surface area contributed by atoms with E-state index in [0.29, 0.717) is 17.0 Å². The van der Waals surface area contributed by atoms with Crippen LogP contribution in [0.1, 0.15) is 25.5 Å². The van der Waals surface area contributed by atoms with Crippen LogP contribution in [0.4, 0.5) is 5.69 Å². The number of ether oxygens (including phenoxy) is 1. The normalized spacial score (nSPS) is 20.4. The van der Waals surface area contributed by atoms with Crippen molar-refractivity contribution in [3.63, 3.8) is 0 Å². The summed E-state index contributed by atoms with van der Waals surface area (Å²) < 4.78 is 9.22. The molecule has 0 amide bonds. The highest BCUT2D eigenvalue weighted by Crippen LogP contribution is 2.43. The van der Waals surface area contributed by atoms with Gasteiger partial charge in [-0.3, -0.25) is 9.48 Å². The van der Waals surface area contributed by atoms with Crippen LogP contribution < -0.4 is 10.3 Å². The molecule has 1 aromatic heterocycles. The summed E-state index contributed by atoms with van der Waals surface area (Å²) in [6.07, 6.45) is 0.701. The molecule has 0 spiro atoms. The topological polar surface area (TPSA) is 60.8 Å². The maximum absolute atomic E-state index is 12.8. The van der Waals surface area contributed by atoms with Gasteiger partial charge in [-0.25, -0.2) is 9.53 Å². The largest absolute Gasteiger partial charge is 0.485 e. The molecule has 3 aromatic rings. The molecule has 4 rings (SSSR count). The zero-order valence-electron chi connectivity index (χ0n) is 15.0. The average molecular weight is 361 g/mol. The number of rotatable bonds is 2. The third-order valence-corrected chi connectivity index (χ3v) is 4.93. The molecular weight excluding hydrogens is 342 g/mol. The molecule has 0 fully saturated rings. The first-order valence-electron chi connectivity index (χ1n) is 8.66. The van der Waals surface area contributed by atoms with Gasteiger partial charge in [0.2, 0.25) is 0 Å². The molecule has 0 aliphatic carbocycles. The van der Waals surface area contributed by atoms with Crippen molar-refractivity contribution in [2.45, 2.75) is 31.6 Å². The van der Waals surface area contributed by atoms with Gasteiger partial charge in [0, 0.05) is 17.8 Å². The van der Waals surface area contributed by atoms with E-state index >= 15 is 0 Å². The SMILES string of the molecule is [C-]#[N+]c1ccc2c(c1)[C@@H](n1c(=O)ccn1-c1ccccc1)[C@H](O)C(C)(C)O2. The molecule has 2 atom stereocenters. The second-order valence-electron chi connectivity index (χ2n) is 7.11. The van der Waals surface area contributed by atoms with Crippen molar-refractivity contribution in [3.8, 4) is 11.4 Å². The summed E-state index contributed by atoms with van der Waals surface area (Å²) in [5.41, 5.74) is 0.717. The van der Waals surface area contributed by atoms with Gasteiger partial charge in [0.25, 0.3) is 5.56 Å². The van der Waals surface area contributed by atoms with E-state index in [-0.39, 0.29) is 5.56 Å². The van der Waals surface area contributed by atoms with Crippen LogP contribution in [-0.4, -0.2) is 26.2 Å². The average Bonchev–Trinajstić information content (AvgIpc) is 3.04. The van der Waals surface area contributed by atoms with Gasteiger partial charge >= 0.3 is 0 Å². The molecule has 1 aliphatic rings. The van der Waals surface area contributed by atoms with Crippen molar-refractivity contribution >= 4 is 5.69 Å². The first-order chi connectivity index (χ1) is 12.9. The highest BCUT2D eigenvalue weighted by molar-refractivity contribution is 5.54. The third-order valence-electron chi connectivity index (χ3n) is 4.93. The second-order valence-corrected chi connectivity index (χ2v) is 7.11. The zero-order chi connectivity index (χ0) is 19.2. The van der Waals surface area contributed by atoms with Gasteiger partial charge < -0.3 is 9.84 Å². The van der Waals surface area contributed by atoms with Crippen LogP contribution in [0.3, 0.4) is 0 Å². The molecular formula is C21H19N3O3. The summed E-state index contributed by atoms with van der Waals surface area (Å²) in [5.74, 6) is 0.565. The number of aliphatic hydroxyl groups is 1. The summed E-state index contributed by atoms with van der Waals surface area (Å²) >= 11 is 0. The molecule has 2 heterocycles. The van der Waals surface area contributed by atoms with Crippen LogP contribution in [0.2, 0.25) is 0 Å². The van der Waals surface area contributed by atoms with Crippen molar-refractivity contribution < 1.29 is 9.84 Å². The Morgan fingerprint density at radius 2 is 1.89 bits per heavy atom. The molecule has 27 heavy (non-hydrogen) atoms. The highest BCUT2D eigenvalue weighted by Gasteiger charge is 2.45. The van der Waals surface area contributed by atoms with Crippen LogP contribution >= 0.6 is 0 Å². The molecule has 0 unspecified atom stereocenters. The highest BCUT2D eigenvalue weighted by atomic mass is 16.5. The molecule has 1 aliphatic heterocycles. The van der Waals surface area contributed by atoms with Gasteiger partial charge in [0.1, 0.15) is 23.5 Å². The molecule has 1 N–H and O–H groups in total. The predicted octanol–water partition coefficient (Wildman–Crippen LogP) is 3.31. The maximum Gasteiger partial charge on any atom is 0.267 e. The Morgan fingerprint density at radius 1 is 1.15 bits per heavy atom. The first kappa shape index (κ1) is 17.1. The van der Waals surface area contributed by atoms with E-state index < -0.39 is 17.7 Å². The van der Waals surface area contributed by atoms with Crippen LogP contribution in [0.5, 0.6) is 5.75 Å². The fraction of sp³-hybridized carbons (Fsp3) is 0.238. The van der Waals surface area contributed by atoms with E-state index in [0.717, 1.165) is 5.69 Å². The number of para-hydroxylation sites is 1. The second kappa shape index (κ2) is 6.15. The standard InChI is InChI=1S/C21H19N3O3/c1-21(2)20(26)19(16-13-14(22-3)9-10-17(16)27-21)24-18(25)11-12-23(24)15-7-5-4-6-8-15/h4-13,19-20,26H,1-2H3/t19-,20+/m1/s1. The maximum atomic E-state index is 12.8. The van der Waals surface area contributed by atoms with E-state index in [2.05, 4.69) is 4.85 Å². The number of fused-ring (bicyclic) bond motifs is 1. The lowest BCUT2D eigenvalue weighted by molar-refractivity contribution is -0.0674. The lowest BCUT2D eigenvalue weighted by atomic mass is 9.86. The molecule has 0 saturated heterocycles. The van der Waals surface area contributed by atoms with Gasteiger partial charge in [-0.2, -0.15) is 0 Å². The summed E-state index contributed by atoms with van der Waals surface area (Å²) in [4.78, 5) is 16.2. The lowest BCUT2D eigenvalue weighted by Crippen LogP contribution is -2.52. The zero-order valence-corrected chi connectivity index (χ0v) is 15.0. The van der Waals surface area contributed by atoms with Gasteiger partial charge in [-0.15, -0.1) is 0 Å². The Bertz CT molecular complexity index is 1090. The Hall–Kier alpha value is -3.30. The van der Waals surface area contributed by atoms with E-state index in [1.54, 1.807) is 42.9 Å². The van der Waals surface area contributed by atoms with Gasteiger partial charge in [-0.05, 0) is 38.1 Å². The number of aromatic nitrogens is 2.